The predicted molar refractivity (Wildman–Crippen MR) is 96.4 cm³/mol. The van der Waals surface area contributed by atoms with Crippen LogP contribution in [0.1, 0.15) is 71.6 Å². The Hall–Kier alpha value is -1.05. The maximum atomic E-state index is 12.5. The summed E-state index contributed by atoms with van der Waals surface area (Å²) >= 11 is 0. The zero-order valence-corrected chi connectivity index (χ0v) is 15.3. The smallest absolute Gasteiger partial charge is 0.330 e. The number of fused-ring (bicyclic) bond motifs is 5. The van der Waals surface area contributed by atoms with Crippen molar-refractivity contribution in [1.82, 2.24) is 0 Å². The number of carbonyl (C=O) groups excluding carboxylic acids is 1. The minimum Gasteiger partial charge on any atom is -0.455 e. The van der Waals surface area contributed by atoms with Crippen LogP contribution in [0.25, 0.3) is 0 Å². The molecule has 3 saturated carbocycles. The van der Waals surface area contributed by atoms with Crippen molar-refractivity contribution < 1.29 is 9.53 Å². The summed E-state index contributed by atoms with van der Waals surface area (Å²) in [6.45, 7) is 4.37. The summed E-state index contributed by atoms with van der Waals surface area (Å²) in [5.74, 6) is 2.59. The topological polar surface area (TPSA) is 26.3 Å². The van der Waals surface area contributed by atoms with E-state index in [1.54, 1.807) is 6.08 Å². The van der Waals surface area contributed by atoms with Gasteiger partial charge in [-0.1, -0.05) is 31.6 Å². The summed E-state index contributed by atoms with van der Waals surface area (Å²) in [7, 11) is 0. The van der Waals surface area contributed by atoms with Gasteiger partial charge in [0.2, 0.25) is 0 Å². The molecular formula is C22H32O2. The van der Waals surface area contributed by atoms with E-state index in [0.717, 1.165) is 18.3 Å². The number of carbonyl (C=O) groups is 1. The Morgan fingerprint density at radius 3 is 2.79 bits per heavy atom. The number of ether oxygens (including phenoxy) is 1. The van der Waals surface area contributed by atoms with Gasteiger partial charge in [-0.05, 0) is 75.5 Å². The van der Waals surface area contributed by atoms with E-state index in [9.17, 15) is 4.79 Å². The molecule has 132 valence electrons. The van der Waals surface area contributed by atoms with E-state index in [1.807, 2.05) is 13.0 Å². The molecule has 2 heteroatoms. The van der Waals surface area contributed by atoms with E-state index < -0.39 is 0 Å². The van der Waals surface area contributed by atoms with Gasteiger partial charge in [-0.3, -0.25) is 0 Å². The zero-order valence-electron chi connectivity index (χ0n) is 15.3. The van der Waals surface area contributed by atoms with Crippen molar-refractivity contribution in [1.29, 1.82) is 0 Å². The molecule has 0 heterocycles. The lowest BCUT2D eigenvalue weighted by Gasteiger charge is -2.60. The summed E-state index contributed by atoms with van der Waals surface area (Å²) in [6, 6.07) is 0. The third-order valence-electron chi connectivity index (χ3n) is 7.96. The molecule has 0 saturated heterocycles. The third-order valence-corrected chi connectivity index (χ3v) is 7.96. The zero-order chi connectivity index (χ0) is 16.8. The Morgan fingerprint density at radius 1 is 1.12 bits per heavy atom. The largest absolute Gasteiger partial charge is 0.455 e. The van der Waals surface area contributed by atoms with Crippen molar-refractivity contribution in [2.45, 2.75) is 77.2 Å². The van der Waals surface area contributed by atoms with E-state index >= 15 is 0 Å². The van der Waals surface area contributed by atoms with Crippen LogP contribution in [0.4, 0.5) is 0 Å². The van der Waals surface area contributed by atoms with Crippen LogP contribution in [-0.4, -0.2) is 11.6 Å². The van der Waals surface area contributed by atoms with Gasteiger partial charge in [-0.15, -0.1) is 0 Å². The van der Waals surface area contributed by atoms with E-state index in [1.165, 1.54) is 51.4 Å². The molecular weight excluding hydrogens is 296 g/mol. The fraction of sp³-hybridized carbons (Fsp3) is 0.773. The summed E-state index contributed by atoms with van der Waals surface area (Å²) < 4.78 is 6.40. The van der Waals surface area contributed by atoms with Gasteiger partial charge in [0.15, 0.2) is 0 Å². The Labute approximate surface area is 146 Å². The van der Waals surface area contributed by atoms with Crippen molar-refractivity contribution >= 4 is 5.97 Å². The van der Waals surface area contributed by atoms with Gasteiger partial charge in [0, 0.05) is 17.9 Å². The van der Waals surface area contributed by atoms with E-state index in [-0.39, 0.29) is 11.6 Å². The van der Waals surface area contributed by atoms with Crippen molar-refractivity contribution in [2.75, 3.05) is 0 Å². The molecule has 2 nitrogen and oxygen atoms in total. The second-order valence-corrected chi connectivity index (χ2v) is 9.03. The molecule has 2 unspecified atom stereocenters. The number of hydrogen-bond acceptors (Lipinski definition) is 2. The van der Waals surface area contributed by atoms with Crippen molar-refractivity contribution in [3.05, 3.63) is 24.3 Å². The summed E-state index contributed by atoms with van der Waals surface area (Å²) in [5, 5.41) is 0. The molecule has 0 N–H and O–H groups in total. The lowest BCUT2D eigenvalue weighted by molar-refractivity contribution is -0.212. The van der Waals surface area contributed by atoms with Gasteiger partial charge in [-0.2, -0.15) is 0 Å². The van der Waals surface area contributed by atoms with Crippen LogP contribution in [-0.2, 0) is 9.53 Å². The van der Waals surface area contributed by atoms with Crippen LogP contribution in [0.5, 0.6) is 0 Å². The molecule has 24 heavy (non-hydrogen) atoms. The first-order valence-electron chi connectivity index (χ1n) is 10.1. The summed E-state index contributed by atoms with van der Waals surface area (Å²) in [4.78, 5) is 12.5. The van der Waals surface area contributed by atoms with Crippen LogP contribution < -0.4 is 0 Å². The molecule has 0 radical (unpaired) electrons. The second kappa shape index (κ2) is 6.04. The summed E-state index contributed by atoms with van der Waals surface area (Å²) in [5.41, 5.74) is 0.205. The highest BCUT2D eigenvalue weighted by Crippen LogP contribution is 2.65. The molecule has 0 spiro atoms. The molecule has 4 aliphatic carbocycles. The van der Waals surface area contributed by atoms with Gasteiger partial charge in [0.1, 0.15) is 5.60 Å². The minimum atomic E-state index is -0.188. The van der Waals surface area contributed by atoms with Crippen LogP contribution >= 0.6 is 0 Å². The fourth-order valence-corrected chi connectivity index (χ4v) is 6.97. The molecule has 6 atom stereocenters. The molecule has 0 amide bonds. The Balaban J connectivity index is 1.72. The highest BCUT2D eigenvalue weighted by atomic mass is 16.6. The average molecular weight is 328 g/mol. The maximum absolute atomic E-state index is 12.5. The summed E-state index contributed by atoms with van der Waals surface area (Å²) in [6.07, 6.45) is 19.4. The lowest BCUT2D eigenvalue weighted by Crippen LogP contribution is -2.61. The fourth-order valence-electron chi connectivity index (χ4n) is 6.97. The third kappa shape index (κ3) is 2.40. The predicted octanol–water partition coefficient (Wildman–Crippen LogP) is 5.44. The molecule has 0 aliphatic heterocycles. The second-order valence-electron chi connectivity index (χ2n) is 9.03. The van der Waals surface area contributed by atoms with Gasteiger partial charge in [0.05, 0.1) is 0 Å². The molecule has 0 aromatic heterocycles. The molecule has 4 rings (SSSR count). The van der Waals surface area contributed by atoms with Crippen molar-refractivity contribution in [3.8, 4) is 0 Å². The minimum absolute atomic E-state index is 0.108. The maximum Gasteiger partial charge on any atom is 0.330 e. The number of hydrogen-bond donors (Lipinski definition) is 0. The highest BCUT2D eigenvalue weighted by Gasteiger charge is 2.63. The monoisotopic (exact) mass is 328 g/mol. The Morgan fingerprint density at radius 2 is 1.96 bits per heavy atom. The first-order valence-corrected chi connectivity index (χ1v) is 10.1. The Bertz CT molecular complexity index is 562. The van der Waals surface area contributed by atoms with Crippen molar-refractivity contribution in [2.24, 2.45) is 29.1 Å². The molecule has 0 aromatic rings. The molecule has 3 fully saturated rings. The van der Waals surface area contributed by atoms with Crippen molar-refractivity contribution in [3.63, 3.8) is 0 Å². The quantitative estimate of drug-likeness (QED) is 0.383. The van der Waals surface area contributed by atoms with E-state index in [4.69, 9.17) is 4.74 Å². The normalized spacial score (nSPS) is 47.1. The first kappa shape index (κ1) is 16.4. The van der Waals surface area contributed by atoms with Gasteiger partial charge < -0.3 is 4.74 Å². The molecule has 4 aliphatic rings. The number of esters is 1. The van der Waals surface area contributed by atoms with Gasteiger partial charge >= 0.3 is 5.97 Å². The highest BCUT2D eigenvalue weighted by molar-refractivity contribution is 5.82. The van der Waals surface area contributed by atoms with Crippen LogP contribution in [0.15, 0.2) is 24.3 Å². The molecule has 0 aromatic carbocycles. The van der Waals surface area contributed by atoms with Crippen LogP contribution in [0, 0.1) is 29.1 Å². The first-order chi connectivity index (χ1) is 11.6. The number of rotatable bonds is 2. The average Bonchev–Trinajstić information content (AvgIpc) is 2.97. The lowest BCUT2D eigenvalue weighted by atomic mass is 9.49. The van der Waals surface area contributed by atoms with Gasteiger partial charge in [0.25, 0.3) is 0 Å². The van der Waals surface area contributed by atoms with Gasteiger partial charge in [-0.25, -0.2) is 4.79 Å². The van der Waals surface area contributed by atoms with E-state index in [0.29, 0.717) is 17.3 Å². The molecule has 0 bridgehead atoms. The van der Waals surface area contributed by atoms with E-state index in [2.05, 4.69) is 19.1 Å². The standard InChI is InChI=1S/C22H32O2/c1-3-7-20(23)24-22-15-11-16-8-4-5-9-17(16)18(22)12-14-21(2)13-6-10-19(21)22/h3-5,7,16-19H,6,8-15H2,1-2H3/t16?,17-,18+,19+,21-,22?/m0/s1. The SMILES string of the molecule is CC=CC(=O)OC12CCC3CC=CC[C@@H]3[C@H]1CC[C@]1(C)CCC[C@@H]21. The number of allylic oxidation sites excluding steroid dienone is 3. The Kier molecular flexibility index (Phi) is 4.13. The van der Waals surface area contributed by atoms with Crippen LogP contribution in [0.3, 0.4) is 0 Å². The van der Waals surface area contributed by atoms with Crippen LogP contribution in [0.2, 0.25) is 0 Å².